The molecule has 13 rings (SSSR count). The summed E-state index contributed by atoms with van der Waals surface area (Å²) in [5.74, 6) is 0.784. The summed E-state index contributed by atoms with van der Waals surface area (Å²) in [5, 5.41) is 11.8. The van der Waals surface area contributed by atoms with E-state index >= 15 is 0 Å². The number of nitrogens with zero attached hydrogens (tertiary/aromatic N) is 4. The van der Waals surface area contributed by atoms with Crippen LogP contribution in [0.15, 0.2) is 186 Å². The Balaban J connectivity index is 1.14. The van der Waals surface area contributed by atoms with Crippen molar-refractivity contribution in [3.05, 3.63) is 182 Å². The molecule has 0 aliphatic heterocycles. The number of benzene rings is 9. The molecule has 0 radical (unpaired) electrons. The Morgan fingerprint density at radius 1 is 0.368 bits per heavy atom. The van der Waals surface area contributed by atoms with Crippen molar-refractivity contribution in [3.8, 4) is 22.8 Å². The molecule has 5 heteroatoms. The Morgan fingerprint density at radius 3 is 1.91 bits per heavy atom. The van der Waals surface area contributed by atoms with Crippen molar-refractivity contribution in [2.45, 2.75) is 0 Å². The zero-order chi connectivity index (χ0) is 37.2. The van der Waals surface area contributed by atoms with Crippen molar-refractivity contribution < 1.29 is 4.42 Å². The van der Waals surface area contributed by atoms with Gasteiger partial charge in [-0.2, -0.15) is 0 Å². The van der Waals surface area contributed by atoms with E-state index in [-0.39, 0.29) is 0 Å². The highest BCUT2D eigenvalue weighted by Gasteiger charge is 2.23. The summed E-state index contributed by atoms with van der Waals surface area (Å²) in [5.41, 5.74) is 10.8. The van der Waals surface area contributed by atoms with Gasteiger partial charge in [0, 0.05) is 43.6 Å². The van der Waals surface area contributed by atoms with Crippen LogP contribution < -0.4 is 0 Å². The van der Waals surface area contributed by atoms with Crippen LogP contribution in [0.3, 0.4) is 0 Å². The van der Waals surface area contributed by atoms with Crippen molar-refractivity contribution in [2.24, 2.45) is 0 Å². The first-order valence-electron chi connectivity index (χ1n) is 19.3. The van der Waals surface area contributed by atoms with E-state index in [1.807, 2.05) is 30.3 Å². The Morgan fingerprint density at radius 2 is 1.04 bits per heavy atom. The fourth-order valence-electron chi connectivity index (χ4n) is 9.29. The minimum atomic E-state index is 0.784. The van der Waals surface area contributed by atoms with Gasteiger partial charge >= 0.3 is 0 Å². The molecule has 9 aromatic carbocycles. The quantitative estimate of drug-likeness (QED) is 0.182. The predicted molar refractivity (Wildman–Crippen MR) is 236 cm³/mol. The van der Waals surface area contributed by atoms with Gasteiger partial charge in [-0.05, 0) is 100 Å². The topological polar surface area (TPSA) is 48.8 Å². The lowest BCUT2D eigenvalue weighted by atomic mass is 10.0. The molecule has 0 aliphatic carbocycles. The number of hydrogen-bond donors (Lipinski definition) is 0. The van der Waals surface area contributed by atoms with Gasteiger partial charge in [0.15, 0.2) is 5.82 Å². The van der Waals surface area contributed by atoms with Gasteiger partial charge in [-0.3, -0.25) is 4.57 Å². The van der Waals surface area contributed by atoms with E-state index in [1.165, 1.54) is 48.7 Å². The second-order valence-electron chi connectivity index (χ2n) is 15.0. The number of aromatic nitrogens is 4. The molecule has 0 spiro atoms. The molecule has 5 nitrogen and oxygen atoms in total. The van der Waals surface area contributed by atoms with Gasteiger partial charge in [0.05, 0.1) is 33.1 Å². The lowest BCUT2D eigenvalue weighted by Gasteiger charge is -2.14. The van der Waals surface area contributed by atoms with Crippen molar-refractivity contribution in [2.75, 3.05) is 0 Å². The number of para-hydroxylation sites is 4. The fourth-order valence-corrected chi connectivity index (χ4v) is 9.29. The van der Waals surface area contributed by atoms with E-state index in [4.69, 9.17) is 14.4 Å². The largest absolute Gasteiger partial charge is 0.456 e. The maximum absolute atomic E-state index is 6.25. The van der Waals surface area contributed by atoms with E-state index in [9.17, 15) is 0 Å². The highest BCUT2D eigenvalue weighted by molar-refractivity contribution is 6.22. The minimum absolute atomic E-state index is 0.784. The van der Waals surface area contributed by atoms with Crippen LogP contribution in [0.5, 0.6) is 0 Å². The summed E-state index contributed by atoms with van der Waals surface area (Å²) in [6.45, 7) is 0. The fraction of sp³-hybridized carbons (Fsp3) is 0. The van der Waals surface area contributed by atoms with E-state index in [0.29, 0.717) is 0 Å². The van der Waals surface area contributed by atoms with Crippen molar-refractivity contribution >= 4 is 98.1 Å². The van der Waals surface area contributed by atoms with Gasteiger partial charge in [0.25, 0.3) is 0 Å². The van der Waals surface area contributed by atoms with Crippen LogP contribution in [0.1, 0.15) is 0 Å². The predicted octanol–water partition coefficient (Wildman–Crippen LogP) is 13.7. The second-order valence-corrected chi connectivity index (χ2v) is 15.0. The Hall–Kier alpha value is -7.76. The highest BCUT2D eigenvalue weighted by atomic mass is 16.3. The first-order chi connectivity index (χ1) is 28.2. The van der Waals surface area contributed by atoms with Crippen molar-refractivity contribution in [1.29, 1.82) is 0 Å². The van der Waals surface area contributed by atoms with E-state index in [0.717, 1.165) is 72.2 Å². The third-order valence-corrected chi connectivity index (χ3v) is 11.9. The third-order valence-electron chi connectivity index (χ3n) is 11.9. The maximum Gasteiger partial charge on any atom is 0.165 e. The summed E-state index contributed by atoms with van der Waals surface area (Å²) in [7, 11) is 0. The molecule has 0 N–H and O–H groups in total. The summed E-state index contributed by atoms with van der Waals surface area (Å²) < 4.78 is 11.0. The molecule has 0 saturated carbocycles. The first-order valence-corrected chi connectivity index (χ1v) is 19.3. The molecule has 4 heterocycles. The van der Waals surface area contributed by atoms with Crippen LogP contribution in [0.25, 0.3) is 121 Å². The summed E-state index contributed by atoms with van der Waals surface area (Å²) in [4.78, 5) is 10.8. The molecule has 4 aromatic heterocycles. The average Bonchev–Trinajstić information content (AvgIpc) is 3.92. The Kier molecular flexibility index (Phi) is 6.10. The highest BCUT2D eigenvalue weighted by Crippen LogP contribution is 2.42. The van der Waals surface area contributed by atoms with Crippen LogP contribution in [-0.4, -0.2) is 19.1 Å². The van der Waals surface area contributed by atoms with Crippen LogP contribution in [0.2, 0.25) is 0 Å². The maximum atomic E-state index is 6.25. The summed E-state index contributed by atoms with van der Waals surface area (Å²) in [6, 6.07) is 64.9. The van der Waals surface area contributed by atoms with E-state index in [1.54, 1.807) is 0 Å². The molecule has 0 aliphatic rings. The van der Waals surface area contributed by atoms with E-state index < -0.39 is 0 Å². The standard InChI is InChI=1S/C52H30N4O/c1-2-13-33-29-47-39(27-32(33)12-1)37-15-5-9-19-44(37)55(47)35-23-25-45-41(30-35)50-36-14-4-3-11-31(36)21-24-46(50)56(45)52-51(53-42-17-7-8-18-43(42)54-52)34-22-26-49-40(28-34)38-16-6-10-20-48(38)57-49/h1-30H. The van der Waals surface area contributed by atoms with Gasteiger partial charge in [-0.15, -0.1) is 0 Å². The SMILES string of the molecule is c1ccc2cc3c(cc2c1)c1ccccc1n3-c1ccc2c(c1)c1c3ccccc3ccc1n2-c1nc2ccccc2nc1-c1ccc2oc3ccccc3c2c1. The van der Waals surface area contributed by atoms with Crippen LogP contribution in [0.4, 0.5) is 0 Å². The van der Waals surface area contributed by atoms with Gasteiger partial charge in [-0.25, -0.2) is 9.97 Å². The van der Waals surface area contributed by atoms with E-state index in [2.05, 4.69) is 161 Å². The molecule has 0 bridgehead atoms. The molecule has 0 atom stereocenters. The minimum Gasteiger partial charge on any atom is -0.456 e. The molecular formula is C52H30N4O. The summed E-state index contributed by atoms with van der Waals surface area (Å²) in [6.07, 6.45) is 0. The lowest BCUT2D eigenvalue weighted by Crippen LogP contribution is -2.04. The molecule has 0 saturated heterocycles. The second kappa shape index (κ2) is 11.4. The molecule has 264 valence electrons. The van der Waals surface area contributed by atoms with Gasteiger partial charge in [-0.1, -0.05) is 103 Å². The lowest BCUT2D eigenvalue weighted by molar-refractivity contribution is 0.669. The Labute approximate surface area is 325 Å². The molecule has 13 aromatic rings. The third kappa shape index (κ3) is 4.34. The average molecular weight is 727 g/mol. The van der Waals surface area contributed by atoms with Gasteiger partial charge in [0.1, 0.15) is 16.9 Å². The van der Waals surface area contributed by atoms with Gasteiger partial charge < -0.3 is 8.98 Å². The molecule has 57 heavy (non-hydrogen) atoms. The molecular weight excluding hydrogens is 697 g/mol. The smallest absolute Gasteiger partial charge is 0.165 e. The first kappa shape index (κ1) is 30.6. The number of rotatable bonds is 3. The number of fused-ring (bicyclic) bond motifs is 13. The number of furan rings is 1. The van der Waals surface area contributed by atoms with Crippen LogP contribution >= 0.6 is 0 Å². The van der Waals surface area contributed by atoms with Gasteiger partial charge in [0.2, 0.25) is 0 Å². The van der Waals surface area contributed by atoms with Crippen molar-refractivity contribution in [3.63, 3.8) is 0 Å². The normalized spacial score (nSPS) is 12.2. The summed E-state index contributed by atoms with van der Waals surface area (Å²) >= 11 is 0. The van der Waals surface area contributed by atoms with Crippen molar-refractivity contribution in [1.82, 2.24) is 19.1 Å². The Bertz CT molecular complexity index is 3830. The van der Waals surface area contributed by atoms with Crippen LogP contribution in [0, 0.1) is 0 Å². The molecule has 0 amide bonds. The number of hydrogen-bond acceptors (Lipinski definition) is 3. The molecule has 0 fully saturated rings. The zero-order valence-corrected chi connectivity index (χ0v) is 30.5. The molecule has 0 unspecified atom stereocenters. The zero-order valence-electron chi connectivity index (χ0n) is 30.5. The monoisotopic (exact) mass is 726 g/mol. The van der Waals surface area contributed by atoms with Crippen LogP contribution in [-0.2, 0) is 0 Å².